The molecular formula is C22H29N7O3S. The number of anilines is 2. The van der Waals surface area contributed by atoms with Crippen LogP contribution in [0.25, 0.3) is 11.4 Å². The standard InChI is InChI=1S/C22H29N7O3S/c1-16(2)27(3)33(31,32)18-6-4-17(5-7-18)26-20(30)14-28-10-12-29(13-11-28)22-19-8-9-23-21(19)24-15-25-22/h4-9,15-16H,10-14H2,1-3H3,(H,26,30)(H,23,24,25). The molecule has 2 N–H and O–H groups in total. The molecule has 0 aromatic heterocycles. The second-order valence-electron chi connectivity index (χ2n) is 8.38. The quantitative estimate of drug-likeness (QED) is 0.539. The zero-order chi connectivity index (χ0) is 23.6. The molecule has 1 aromatic rings. The summed E-state index contributed by atoms with van der Waals surface area (Å²) in [4.78, 5) is 28.8. The first-order valence-electron chi connectivity index (χ1n) is 10.9. The van der Waals surface area contributed by atoms with E-state index in [4.69, 9.17) is 0 Å². The average Bonchev–Trinajstić information content (AvgIpc) is 3.28. The minimum Gasteiger partial charge on any atom is -0.353 e. The summed E-state index contributed by atoms with van der Waals surface area (Å²) in [6.07, 6.45) is 3.42. The molecule has 0 unspecified atom stereocenters. The topological polar surface area (TPSA) is 115 Å². The number of sulfonamides is 1. The van der Waals surface area contributed by atoms with Crippen molar-refractivity contribution in [2.24, 2.45) is 0 Å². The molecule has 4 rings (SSSR count). The first-order chi connectivity index (χ1) is 15.8. The number of aromatic nitrogens is 3. The number of nitrogens with one attached hydrogen (secondary N) is 2. The zero-order valence-corrected chi connectivity index (χ0v) is 19.8. The lowest BCUT2D eigenvalue weighted by molar-refractivity contribution is -0.117. The third kappa shape index (κ3) is 5.00. The summed E-state index contributed by atoms with van der Waals surface area (Å²) in [6, 6.07) is 8.09. The Kier molecular flexibility index (Phi) is 6.63. The van der Waals surface area contributed by atoms with Gasteiger partial charge in [-0.05, 0) is 44.2 Å². The van der Waals surface area contributed by atoms with E-state index in [1.807, 2.05) is 19.9 Å². The van der Waals surface area contributed by atoms with Crippen molar-refractivity contribution >= 4 is 27.4 Å². The van der Waals surface area contributed by atoms with Gasteiger partial charge in [0.25, 0.3) is 0 Å². The summed E-state index contributed by atoms with van der Waals surface area (Å²) in [5, 5.41) is 2.86. The predicted molar refractivity (Wildman–Crippen MR) is 127 cm³/mol. The van der Waals surface area contributed by atoms with Gasteiger partial charge in [-0.1, -0.05) is 0 Å². The second kappa shape index (κ2) is 9.46. The van der Waals surface area contributed by atoms with Crippen LogP contribution in [0.5, 0.6) is 0 Å². The number of hydrogen-bond acceptors (Lipinski definition) is 7. The molecule has 11 heteroatoms. The Hall–Kier alpha value is -3.02. The molecule has 3 aliphatic rings. The lowest BCUT2D eigenvalue weighted by Crippen LogP contribution is -2.49. The van der Waals surface area contributed by atoms with Crippen LogP contribution >= 0.6 is 0 Å². The maximum atomic E-state index is 12.6. The van der Waals surface area contributed by atoms with Crippen molar-refractivity contribution in [2.45, 2.75) is 24.8 Å². The Morgan fingerprint density at radius 2 is 1.82 bits per heavy atom. The van der Waals surface area contributed by atoms with E-state index in [9.17, 15) is 13.2 Å². The van der Waals surface area contributed by atoms with Crippen LogP contribution in [0.3, 0.4) is 0 Å². The molecule has 10 nitrogen and oxygen atoms in total. The third-order valence-electron chi connectivity index (χ3n) is 5.91. The van der Waals surface area contributed by atoms with Gasteiger partial charge in [0.05, 0.1) is 23.3 Å². The fraction of sp³-hybridized carbons (Fsp3) is 0.409. The Morgan fingerprint density at radius 3 is 2.48 bits per heavy atom. The molecule has 33 heavy (non-hydrogen) atoms. The SMILES string of the molecule is CC(C)N(C)S(=O)(=O)c1ccc(NC(=O)CN2CCN(c3nc[nH]c4nccc3-4)CC2)cc1. The normalized spacial score (nSPS) is 15.5. The van der Waals surface area contributed by atoms with Crippen molar-refractivity contribution in [2.75, 3.05) is 50.0 Å². The van der Waals surface area contributed by atoms with Crippen molar-refractivity contribution < 1.29 is 13.2 Å². The van der Waals surface area contributed by atoms with Gasteiger partial charge in [0.15, 0.2) is 0 Å². The molecular weight excluding hydrogens is 442 g/mol. The number of nitrogens with zero attached hydrogens (tertiary/aromatic N) is 5. The highest BCUT2D eigenvalue weighted by Crippen LogP contribution is 2.28. The van der Waals surface area contributed by atoms with Crippen LogP contribution in [0.2, 0.25) is 0 Å². The predicted octanol–water partition coefficient (Wildman–Crippen LogP) is 1.70. The molecule has 1 amide bonds. The second-order valence-corrected chi connectivity index (χ2v) is 10.4. The third-order valence-corrected chi connectivity index (χ3v) is 7.96. The van der Waals surface area contributed by atoms with E-state index in [0.29, 0.717) is 5.69 Å². The maximum Gasteiger partial charge on any atom is 0.243 e. The van der Waals surface area contributed by atoms with Crippen molar-refractivity contribution in [3.8, 4) is 11.4 Å². The van der Waals surface area contributed by atoms with Gasteiger partial charge in [-0.25, -0.2) is 18.4 Å². The van der Waals surface area contributed by atoms with E-state index in [2.05, 4.69) is 30.1 Å². The average molecular weight is 472 g/mol. The molecule has 0 bridgehead atoms. The number of aromatic amines is 1. The Labute approximate surface area is 194 Å². The number of rotatable bonds is 7. The molecule has 1 saturated heterocycles. The van der Waals surface area contributed by atoms with Gasteiger partial charge in [0.2, 0.25) is 15.9 Å². The number of fused-ring (bicyclic) bond motifs is 1. The number of carbonyl (C=O) groups excluding carboxylic acids is 1. The Bertz CT molecular complexity index is 1170. The number of piperazine rings is 1. The number of benzene rings is 1. The van der Waals surface area contributed by atoms with Gasteiger partial charge in [-0.3, -0.25) is 9.69 Å². The lowest BCUT2D eigenvalue weighted by Gasteiger charge is -2.35. The molecule has 176 valence electrons. The molecule has 0 aliphatic carbocycles. The molecule has 0 radical (unpaired) electrons. The highest BCUT2D eigenvalue weighted by Gasteiger charge is 2.24. The first kappa shape index (κ1) is 23.1. The van der Waals surface area contributed by atoms with Gasteiger partial charge in [-0.15, -0.1) is 0 Å². The van der Waals surface area contributed by atoms with E-state index in [0.717, 1.165) is 43.4 Å². The Morgan fingerprint density at radius 1 is 1.12 bits per heavy atom. The molecule has 0 atom stereocenters. The van der Waals surface area contributed by atoms with Crippen LogP contribution in [-0.2, 0) is 14.8 Å². The van der Waals surface area contributed by atoms with Crippen LogP contribution in [0.1, 0.15) is 13.8 Å². The van der Waals surface area contributed by atoms with Crippen LogP contribution in [0.4, 0.5) is 11.5 Å². The van der Waals surface area contributed by atoms with Crippen molar-refractivity contribution in [3.05, 3.63) is 42.9 Å². The van der Waals surface area contributed by atoms with E-state index in [1.54, 1.807) is 31.7 Å². The van der Waals surface area contributed by atoms with Gasteiger partial charge in [0.1, 0.15) is 11.6 Å². The van der Waals surface area contributed by atoms with Crippen molar-refractivity contribution in [3.63, 3.8) is 0 Å². The summed E-state index contributed by atoms with van der Waals surface area (Å²) in [5.41, 5.74) is 1.56. The molecule has 0 saturated carbocycles. The number of amides is 1. The van der Waals surface area contributed by atoms with Gasteiger partial charge in [0, 0.05) is 51.2 Å². The maximum absolute atomic E-state index is 12.6. The van der Waals surface area contributed by atoms with E-state index < -0.39 is 10.0 Å². The minimum atomic E-state index is -3.55. The molecule has 3 heterocycles. The van der Waals surface area contributed by atoms with Crippen molar-refractivity contribution in [1.82, 2.24) is 24.2 Å². The summed E-state index contributed by atoms with van der Waals surface area (Å²) < 4.78 is 26.5. The summed E-state index contributed by atoms with van der Waals surface area (Å²) in [6.45, 7) is 6.92. The summed E-state index contributed by atoms with van der Waals surface area (Å²) in [7, 11) is -1.99. The molecule has 3 aliphatic heterocycles. The van der Waals surface area contributed by atoms with E-state index in [-0.39, 0.29) is 23.4 Å². The van der Waals surface area contributed by atoms with Crippen LogP contribution in [0, 0.1) is 0 Å². The zero-order valence-electron chi connectivity index (χ0n) is 19.0. The first-order valence-corrected chi connectivity index (χ1v) is 12.3. The minimum absolute atomic E-state index is 0.131. The largest absolute Gasteiger partial charge is 0.353 e. The fourth-order valence-corrected chi connectivity index (χ4v) is 5.15. The van der Waals surface area contributed by atoms with Crippen LogP contribution < -0.4 is 10.2 Å². The highest BCUT2D eigenvalue weighted by atomic mass is 32.2. The molecule has 1 fully saturated rings. The number of hydrogen-bond donors (Lipinski definition) is 2. The summed E-state index contributed by atoms with van der Waals surface area (Å²) in [5.74, 6) is 1.59. The van der Waals surface area contributed by atoms with Gasteiger partial charge in [-0.2, -0.15) is 4.31 Å². The van der Waals surface area contributed by atoms with Crippen LogP contribution in [-0.4, -0.2) is 84.3 Å². The van der Waals surface area contributed by atoms with Crippen molar-refractivity contribution in [1.29, 1.82) is 0 Å². The Balaban J connectivity index is 1.30. The number of carbonyl (C=O) groups is 1. The summed E-state index contributed by atoms with van der Waals surface area (Å²) >= 11 is 0. The van der Waals surface area contributed by atoms with E-state index >= 15 is 0 Å². The van der Waals surface area contributed by atoms with Gasteiger partial charge >= 0.3 is 0 Å². The van der Waals surface area contributed by atoms with E-state index in [1.165, 1.54) is 16.4 Å². The molecule has 1 aromatic carbocycles. The highest BCUT2D eigenvalue weighted by molar-refractivity contribution is 7.89. The lowest BCUT2D eigenvalue weighted by atomic mass is 10.2. The smallest absolute Gasteiger partial charge is 0.243 e. The fourth-order valence-electron chi connectivity index (χ4n) is 3.78. The number of H-pyrrole nitrogens is 1. The van der Waals surface area contributed by atoms with Gasteiger partial charge < -0.3 is 15.2 Å². The van der Waals surface area contributed by atoms with Crippen LogP contribution in [0.15, 0.2) is 47.8 Å². The monoisotopic (exact) mass is 471 g/mol. The molecule has 0 spiro atoms.